The molecule has 0 bridgehead atoms. The number of rotatable bonds is 4. The molecule has 0 amide bonds. The zero-order valence-corrected chi connectivity index (χ0v) is 17.1. The molecule has 1 N–H and O–H groups in total. The van der Waals surface area contributed by atoms with Crippen LogP contribution in [0, 0.1) is 0 Å². The summed E-state index contributed by atoms with van der Waals surface area (Å²) in [5, 5.41) is 5.36. The number of fused-ring (bicyclic) bond motifs is 3. The summed E-state index contributed by atoms with van der Waals surface area (Å²) < 4.78 is 7.96. The normalized spacial score (nSPS) is 11.3. The van der Waals surface area contributed by atoms with Gasteiger partial charge in [0.1, 0.15) is 0 Å². The number of halogens is 1. The van der Waals surface area contributed by atoms with Crippen molar-refractivity contribution in [2.24, 2.45) is 7.05 Å². The highest BCUT2D eigenvalue weighted by Gasteiger charge is 2.23. The number of para-hydroxylation sites is 1. The van der Waals surface area contributed by atoms with Gasteiger partial charge in [-0.2, -0.15) is 0 Å². The van der Waals surface area contributed by atoms with Crippen molar-refractivity contribution in [1.82, 2.24) is 4.57 Å². The van der Waals surface area contributed by atoms with E-state index in [0.717, 1.165) is 22.0 Å². The highest BCUT2D eigenvalue weighted by Crippen LogP contribution is 2.42. The smallest absolute Gasteiger partial charge is 0.262 e. The standard InChI is InChI=1S/C25H19ClN2O2/c1-28-20-14-8-6-12-18(20)23-22(25(28)29)21(17-11-5-7-13-19(17)26)24(30-23)27-15-16-9-3-2-4-10-16/h2-14,27H,15H2,1H3. The highest BCUT2D eigenvalue weighted by molar-refractivity contribution is 6.34. The molecule has 3 aromatic carbocycles. The van der Waals surface area contributed by atoms with Crippen molar-refractivity contribution in [3.63, 3.8) is 0 Å². The molecular formula is C25H19ClN2O2. The van der Waals surface area contributed by atoms with Gasteiger partial charge >= 0.3 is 0 Å². The molecule has 5 aromatic rings. The molecule has 0 aliphatic rings. The number of hydrogen-bond acceptors (Lipinski definition) is 3. The Morgan fingerprint density at radius 2 is 1.63 bits per heavy atom. The number of aromatic nitrogens is 1. The molecule has 0 unspecified atom stereocenters. The molecular weight excluding hydrogens is 396 g/mol. The van der Waals surface area contributed by atoms with Gasteiger partial charge in [0.05, 0.1) is 16.5 Å². The lowest BCUT2D eigenvalue weighted by molar-refractivity contribution is 0.629. The molecule has 0 atom stereocenters. The molecule has 5 heteroatoms. The highest BCUT2D eigenvalue weighted by atomic mass is 35.5. The first-order valence-electron chi connectivity index (χ1n) is 9.72. The quantitative estimate of drug-likeness (QED) is 0.380. The Bertz CT molecular complexity index is 1430. The predicted molar refractivity (Wildman–Crippen MR) is 123 cm³/mol. The topological polar surface area (TPSA) is 47.2 Å². The summed E-state index contributed by atoms with van der Waals surface area (Å²) in [6, 6.07) is 25.3. The van der Waals surface area contributed by atoms with Crippen LogP contribution >= 0.6 is 11.6 Å². The van der Waals surface area contributed by atoms with E-state index in [-0.39, 0.29) is 5.56 Å². The van der Waals surface area contributed by atoms with E-state index in [4.69, 9.17) is 16.0 Å². The van der Waals surface area contributed by atoms with E-state index in [1.54, 1.807) is 11.6 Å². The first-order valence-corrected chi connectivity index (χ1v) is 10.1. The average Bonchev–Trinajstić information content (AvgIpc) is 3.17. The van der Waals surface area contributed by atoms with E-state index >= 15 is 0 Å². The fraction of sp³-hybridized carbons (Fsp3) is 0.0800. The molecule has 148 valence electrons. The predicted octanol–water partition coefficient (Wildman–Crippen LogP) is 6.22. The van der Waals surface area contributed by atoms with Crippen LogP contribution in [0.4, 0.5) is 5.88 Å². The van der Waals surface area contributed by atoms with Crippen LogP contribution in [-0.4, -0.2) is 4.57 Å². The van der Waals surface area contributed by atoms with Crippen molar-refractivity contribution in [3.8, 4) is 11.1 Å². The molecule has 0 aliphatic heterocycles. The van der Waals surface area contributed by atoms with Crippen molar-refractivity contribution in [3.05, 3.63) is 99.8 Å². The second-order valence-corrected chi connectivity index (χ2v) is 7.62. The maximum absolute atomic E-state index is 13.4. The van der Waals surface area contributed by atoms with Crippen molar-refractivity contribution in [2.45, 2.75) is 6.54 Å². The summed E-state index contributed by atoms with van der Waals surface area (Å²) in [4.78, 5) is 13.4. The van der Waals surface area contributed by atoms with E-state index in [1.165, 1.54) is 0 Å². The van der Waals surface area contributed by atoms with Crippen LogP contribution in [0.15, 0.2) is 88.1 Å². The molecule has 2 aromatic heterocycles. The number of furan rings is 1. The molecule has 4 nitrogen and oxygen atoms in total. The van der Waals surface area contributed by atoms with Gasteiger partial charge in [0.25, 0.3) is 5.56 Å². The summed E-state index contributed by atoms with van der Waals surface area (Å²) in [5.74, 6) is 0.537. The third-order valence-corrected chi connectivity index (χ3v) is 5.71. The van der Waals surface area contributed by atoms with Crippen LogP contribution in [0.2, 0.25) is 5.02 Å². The Morgan fingerprint density at radius 3 is 2.43 bits per heavy atom. The Morgan fingerprint density at radius 1 is 0.933 bits per heavy atom. The third kappa shape index (κ3) is 2.97. The first kappa shape index (κ1) is 18.5. The minimum atomic E-state index is -0.116. The minimum Gasteiger partial charge on any atom is -0.439 e. The van der Waals surface area contributed by atoms with Gasteiger partial charge in [0, 0.05) is 29.6 Å². The van der Waals surface area contributed by atoms with Crippen molar-refractivity contribution < 1.29 is 4.42 Å². The fourth-order valence-electron chi connectivity index (χ4n) is 3.88. The van der Waals surface area contributed by atoms with E-state index < -0.39 is 0 Å². The molecule has 0 radical (unpaired) electrons. The summed E-state index contributed by atoms with van der Waals surface area (Å²) in [6.45, 7) is 0.566. The number of nitrogens with one attached hydrogen (secondary N) is 1. The second-order valence-electron chi connectivity index (χ2n) is 7.21. The van der Waals surface area contributed by atoms with Crippen LogP contribution in [0.1, 0.15) is 5.56 Å². The SMILES string of the molecule is Cn1c(=O)c2c(-c3ccccc3Cl)c(NCc3ccccc3)oc2c2ccccc21. The van der Waals surface area contributed by atoms with Gasteiger partial charge in [-0.15, -0.1) is 0 Å². The van der Waals surface area contributed by atoms with Gasteiger partial charge in [0.2, 0.25) is 5.88 Å². The summed E-state index contributed by atoms with van der Waals surface area (Å²) in [7, 11) is 1.78. The Kier molecular flexibility index (Phi) is 4.57. The number of anilines is 1. The van der Waals surface area contributed by atoms with E-state index in [0.29, 0.717) is 34.0 Å². The maximum atomic E-state index is 13.4. The van der Waals surface area contributed by atoms with Gasteiger partial charge in [-0.3, -0.25) is 4.79 Å². The van der Waals surface area contributed by atoms with Crippen LogP contribution in [0.25, 0.3) is 33.0 Å². The van der Waals surface area contributed by atoms with Gasteiger partial charge < -0.3 is 14.3 Å². The zero-order chi connectivity index (χ0) is 20.7. The molecule has 0 saturated heterocycles. The van der Waals surface area contributed by atoms with Gasteiger partial charge in [-0.25, -0.2) is 0 Å². The Hall–Kier alpha value is -3.50. The van der Waals surface area contributed by atoms with Gasteiger partial charge in [0.15, 0.2) is 5.58 Å². The first-order chi connectivity index (χ1) is 14.6. The summed E-state index contributed by atoms with van der Waals surface area (Å²) >= 11 is 6.54. The van der Waals surface area contributed by atoms with Gasteiger partial charge in [-0.05, 0) is 23.8 Å². The minimum absolute atomic E-state index is 0.116. The fourth-order valence-corrected chi connectivity index (χ4v) is 4.11. The van der Waals surface area contributed by atoms with E-state index in [9.17, 15) is 4.79 Å². The average molecular weight is 415 g/mol. The number of hydrogen-bond donors (Lipinski definition) is 1. The van der Waals surface area contributed by atoms with Gasteiger partial charge in [-0.1, -0.05) is 72.3 Å². The van der Waals surface area contributed by atoms with E-state index in [1.807, 2.05) is 78.9 Å². The number of pyridine rings is 1. The monoisotopic (exact) mass is 414 g/mol. The Balaban J connectivity index is 1.81. The molecule has 0 aliphatic carbocycles. The van der Waals surface area contributed by atoms with Crippen LogP contribution < -0.4 is 10.9 Å². The third-order valence-electron chi connectivity index (χ3n) is 5.38. The molecule has 2 heterocycles. The van der Waals surface area contributed by atoms with Crippen molar-refractivity contribution >= 4 is 39.4 Å². The summed E-state index contributed by atoms with van der Waals surface area (Å²) in [5.41, 5.74) is 3.85. The lowest BCUT2D eigenvalue weighted by Gasteiger charge is -2.08. The zero-order valence-electron chi connectivity index (χ0n) is 16.4. The molecule has 0 saturated carbocycles. The van der Waals surface area contributed by atoms with Crippen LogP contribution in [0.5, 0.6) is 0 Å². The molecule has 0 spiro atoms. The molecule has 30 heavy (non-hydrogen) atoms. The number of benzene rings is 3. The number of aryl methyl sites for hydroxylation is 1. The van der Waals surface area contributed by atoms with Crippen LogP contribution in [-0.2, 0) is 13.6 Å². The molecule has 0 fully saturated rings. The van der Waals surface area contributed by atoms with E-state index in [2.05, 4.69) is 5.32 Å². The van der Waals surface area contributed by atoms with Crippen molar-refractivity contribution in [1.29, 1.82) is 0 Å². The lowest BCUT2D eigenvalue weighted by Crippen LogP contribution is -2.17. The second kappa shape index (κ2) is 7.39. The van der Waals surface area contributed by atoms with Crippen LogP contribution in [0.3, 0.4) is 0 Å². The summed E-state index contributed by atoms with van der Waals surface area (Å²) in [6.07, 6.45) is 0. The molecule has 5 rings (SSSR count). The number of nitrogens with zero attached hydrogens (tertiary/aromatic N) is 1. The van der Waals surface area contributed by atoms with Crippen molar-refractivity contribution in [2.75, 3.05) is 5.32 Å². The maximum Gasteiger partial charge on any atom is 0.262 e. The lowest BCUT2D eigenvalue weighted by atomic mass is 10.0. The Labute approximate surface area is 178 Å². The largest absolute Gasteiger partial charge is 0.439 e.